The molecule has 4 nitrogen and oxygen atoms in total. The zero-order valence-electron chi connectivity index (χ0n) is 9.77. The van der Waals surface area contributed by atoms with Crippen molar-refractivity contribution in [2.75, 3.05) is 0 Å². The van der Waals surface area contributed by atoms with Crippen molar-refractivity contribution in [3.63, 3.8) is 0 Å². The molecule has 1 aromatic heterocycles. The molecule has 1 amide bonds. The summed E-state index contributed by atoms with van der Waals surface area (Å²) in [5.41, 5.74) is 0.949. The van der Waals surface area contributed by atoms with Gasteiger partial charge in [-0.1, -0.05) is 6.92 Å². The van der Waals surface area contributed by atoms with Crippen LogP contribution < -0.4 is 5.32 Å². The van der Waals surface area contributed by atoms with Crippen LogP contribution in [0.15, 0.2) is 11.7 Å². The predicted octanol–water partition coefficient (Wildman–Crippen LogP) is 2.35. The van der Waals surface area contributed by atoms with E-state index in [1.54, 1.807) is 5.51 Å². The predicted molar refractivity (Wildman–Crippen MR) is 65.6 cm³/mol. The topological polar surface area (TPSA) is 65.8 Å². The molecule has 0 bridgehead atoms. The molecule has 1 aliphatic carbocycles. The first-order chi connectivity index (χ1) is 8.15. The quantitative estimate of drug-likeness (QED) is 0.875. The van der Waals surface area contributed by atoms with Gasteiger partial charge in [-0.2, -0.15) is 5.26 Å². The number of nitriles is 1. The molecule has 0 radical (unpaired) electrons. The first-order valence-electron chi connectivity index (χ1n) is 5.77. The summed E-state index contributed by atoms with van der Waals surface area (Å²) >= 11 is 1.30. The Morgan fingerprint density at radius 2 is 2.35 bits per heavy atom. The van der Waals surface area contributed by atoms with Gasteiger partial charge in [-0.05, 0) is 31.6 Å². The van der Waals surface area contributed by atoms with Crippen molar-refractivity contribution in [2.24, 2.45) is 5.92 Å². The Hall–Kier alpha value is -1.41. The van der Waals surface area contributed by atoms with Crippen LogP contribution in [0, 0.1) is 17.2 Å². The van der Waals surface area contributed by atoms with Gasteiger partial charge in [-0.3, -0.25) is 9.78 Å². The van der Waals surface area contributed by atoms with Crippen LogP contribution in [0.2, 0.25) is 0 Å². The summed E-state index contributed by atoms with van der Waals surface area (Å²) in [4.78, 5) is 16.4. The van der Waals surface area contributed by atoms with Gasteiger partial charge in [0.25, 0.3) is 5.91 Å². The van der Waals surface area contributed by atoms with Gasteiger partial charge in [0.15, 0.2) is 0 Å². The molecule has 17 heavy (non-hydrogen) atoms. The molecule has 90 valence electrons. The standard InChI is InChI=1S/C12H15N3OS/c1-9-2-4-12(7-13,5-3-9)15-11(16)10-6-14-8-17-10/h6,8-9H,2-5H2,1H3,(H,15,16). The smallest absolute Gasteiger partial charge is 0.264 e. The lowest BCUT2D eigenvalue weighted by Gasteiger charge is -2.34. The molecular formula is C12H15N3OS. The van der Waals surface area contributed by atoms with E-state index >= 15 is 0 Å². The molecule has 1 aromatic rings. The van der Waals surface area contributed by atoms with Crippen molar-refractivity contribution in [1.29, 1.82) is 5.26 Å². The molecular weight excluding hydrogens is 234 g/mol. The summed E-state index contributed by atoms with van der Waals surface area (Å²) in [5, 5.41) is 12.2. The number of thiazole rings is 1. The second-order valence-electron chi connectivity index (χ2n) is 4.70. The minimum Gasteiger partial charge on any atom is -0.333 e. The fourth-order valence-corrected chi connectivity index (χ4v) is 2.64. The summed E-state index contributed by atoms with van der Waals surface area (Å²) < 4.78 is 0. The van der Waals surface area contributed by atoms with Crippen molar-refractivity contribution in [1.82, 2.24) is 10.3 Å². The fourth-order valence-electron chi connectivity index (χ4n) is 2.13. The van der Waals surface area contributed by atoms with Crippen molar-refractivity contribution in [2.45, 2.75) is 38.1 Å². The lowest BCUT2D eigenvalue weighted by Crippen LogP contribution is -2.49. The maximum atomic E-state index is 11.9. The van der Waals surface area contributed by atoms with Gasteiger partial charge in [0, 0.05) is 0 Å². The number of hydrogen-bond donors (Lipinski definition) is 1. The zero-order valence-corrected chi connectivity index (χ0v) is 10.6. The number of carbonyl (C=O) groups excluding carboxylic acids is 1. The normalized spacial score (nSPS) is 28.4. The van der Waals surface area contributed by atoms with Crippen LogP contribution in [0.5, 0.6) is 0 Å². The average Bonchev–Trinajstić information content (AvgIpc) is 2.86. The fraction of sp³-hybridized carbons (Fsp3) is 0.583. The van der Waals surface area contributed by atoms with Crippen LogP contribution in [-0.2, 0) is 0 Å². The van der Waals surface area contributed by atoms with Gasteiger partial charge in [0.05, 0.1) is 17.8 Å². The van der Waals surface area contributed by atoms with Crippen molar-refractivity contribution >= 4 is 17.2 Å². The average molecular weight is 249 g/mol. The molecule has 0 atom stereocenters. The molecule has 5 heteroatoms. The molecule has 0 aliphatic heterocycles. The second kappa shape index (κ2) is 4.84. The van der Waals surface area contributed by atoms with Gasteiger partial charge < -0.3 is 5.32 Å². The minimum absolute atomic E-state index is 0.177. The van der Waals surface area contributed by atoms with Crippen molar-refractivity contribution in [3.05, 3.63) is 16.6 Å². The third kappa shape index (κ3) is 2.64. The number of amides is 1. The Bertz CT molecular complexity index is 427. The summed E-state index contributed by atoms with van der Waals surface area (Å²) in [7, 11) is 0. The van der Waals surface area contributed by atoms with E-state index < -0.39 is 5.54 Å². The van der Waals surface area contributed by atoms with E-state index in [0.29, 0.717) is 10.8 Å². The van der Waals surface area contributed by atoms with Crippen LogP contribution in [0.4, 0.5) is 0 Å². The van der Waals surface area contributed by atoms with E-state index in [-0.39, 0.29) is 5.91 Å². The number of aromatic nitrogens is 1. The van der Waals surface area contributed by atoms with Gasteiger partial charge in [0.1, 0.15) is 10.4 Å². The largest absolute Gasteiger partial charge is 0.333 e. The zero-order chi connectivity index (χ0) is 12.3. The van der Waals surface area contributed by atoms with E-state index in [1.807, 2.05) is 0 Å². The van der Waals surface area contributed by atoms with Gasteiger partial charge in [-0.15, -0.1) is 11.3 Å². The third-order valence-electron chi connectivity index (χ3n) is 3.35. The maximum absolute atomic E-state index is 11.9. The molecule has 1 heterocycles. The van der Waals surface area contributed by atoms with Gasteiger partial charge >= 0.3 is 0 Å². The lowest BCUT2D eigenvalue weighted by atomic mass is 9.78. The van der Waals surface area contributed by atoms with Crippen LogP contribution >= 0.6 is 11.3 Å². The van der Waals surface area contributed by atoms with Gasteiger partial charge in [-0.25, -0.2) is 0 Å². The van der Waals surface area contributed by atoms with Gasteiger partial charge in [0.2, 0.25) is 0 Å². The van der Waals surface area contributed by atoms with Crippen LogP contribution in [0.1, 0.15) is 42.3 Å². The highest BCUT2D eigenvalue weighted by atomic mass is 32.1. The Balaban J connectivity index is 2.06. The van der Waals surface area contributed by atoms with E-state index in [1.165, 1.54) is 17.5 Å². The SMILES string of the molecule is CC1CCC(C#N)(NC(=O)c2cncs2)CC1. The first-order valence-corrected chi connectivity index (χ1v) is 6.65. The van der Waals surface area contributed by atoms with Crippen LogP contribution in [0.3, 0.4) is 0 Å². The molecule has 0 saturated heterocycles. The first kappa shape index (κ1) is 12.1. The number of rotatable bonds is 2. The molecule has 1 aliphatic rings. The Morgan fingerprint density at radius 3 is 2.88 bits per heavy atom. The Kier molecular flexibility index (Phi) is 3.43. The summed E-state index contributed by atoms with van der Waals surface area (Å²) in [5.74, 6) is 0.473. The molecule has 0 unspecified atom stereocenters. The maximum Gasteiger partial charge on any atom is 0.264 e. The van der Waals surface area contributed by atoms with Crippen LogP contribution in [0.25, 0.3) is 0 Å². The second-order valence-corrected chi connectivity index (χ2v) is 5.58. The summed E-state index contributed by atoms with van der Waals surface area (Å²) in [6.45, 7) is 2.19. The highest BCUT2D eigenvalue weighted by molar-refractivity contribution is 7.11. The van der Waals surface area contributed by atoms with E-state index in [4.69, 9.17) is 0 Å². The van der Waals surface area contributed by atoms with Crippen molar-refractivity contribution < 1.29 is 4.79 Å². The highest BCUT2D eigenvalue weighted by Gasteiger charge is 2.36. The highest BCUT2D eigenvalue weighted by Crippen LogP contribution is 2.31. The van der Waals surface area contributed by atoms with Crippen molar-refractivity contribution in [3.8, 4) is 6.07 Å². The summed E-state index contributed by atoms with van der Waals surface area (Å²) in [6, 6.07) is 2.28. The van der Waals surface area contributed by atoms with E-state index in [0.717, 1.165) is 25.7 Å². The molecule has 1 N–H and O–H groups in total. The number of nitrogens with zero attached hydrogens (tertiary/aromatic N) is 2. The number of nitrogens with one attached hydrogen (secondary N) is 1. The summed E-state index contributed by atoms with van der Waals surface area (Å²) in [6.07, 6.45) is 5.02. The monoisotopic (exact) mass is 249 g/mol. The molecule has 1 saturated carbocycles. The van der Waals surface area contributed by atoms with E-state index in [9.17, 15) is 10.1 Å². The third-order valence-corrected chi connectivity index (χ3v) is 4.12. The Morgan fingerprint density at radius 1 is 1.65 bits per heavy atom. The molecule has 0 spiro atoms. The number of hydrogen-bond acceptors (Lipinski definition) is 4. The minimum atomic E-state index is -0.673. The lowest BCUT2D eigenvalue weighted by molar-refractivity contribution is 0.0898. The van der Waals surface area contributed by atoms with E-state index in [2.05, 4.69) is 23.3 Å². The van der Waals surface area contributed by atoms with Crippen LogP contribution in [-0.4, -0.2) is 16.4 Å². The Labute approximate surface area is 105 Å². The molecule has 0 aromatic carbocycles. The number of carbonyl (C=O) groups is 1. The molecule has 1 fully saturated rings. The molecule has 2 rings (SSSR count).